The summed E-state index contributed by atoms with van der Waals surface area (Å²) in [5.74, 6) is -0.515. The van der Waals surface area contributed by atoms with Gasteiger partial charge in [-0.15, -0.1) is 0 Å². The molecule has 1 heterocycles. The summed E-state index contributed by atoms with van der Waals surface area (Å²) in [6.07, 6.45) is 3.86. The van der Waals surface area contributed by atoms with Crippen molar-refractivity contribution >= 4 is 17.3 Å². The van der Waals surface area contributed by atoms with Gasteiger partial charge in [0, 0.05) is 30.4 Å². The summed E-state index contributed by atoms with van der Waals surface area (Å²) in [5, 5.41) is 14.6. The van der Waals surface area contributed by atoms with E-state index in [1.807, 2.05) is 47.2 Å². The highest BCUT2D eigenvalue weighted by atomic mass is 16.6. The molecule has 1 fully saturated rings. The van der Waals surface area contributed by atoms with Gasteiger partial charge in [-0.25, -0.2) is 0 Å². The number of benzene rings is 2. The van der Waals surface area contributed by atoms with Gasteiger partial charge in [0.2, 0.25) is 0 Å². The normalized spacial score (nSPS) is 13.9. The molecule has 7 nitrogen and oxygen atoms in total. The van der Waals surface area contributed by atoms with E-state index in [9.17, 15) is 14.9 Å². The van der Waals surface area contributed by atoms with Crippen LogP contribution in [0.4, 0.5) is 11.4 Å². The van der Waals surface area contributed by atoms with E-state index >= 15 is 0 Å². The van der Waals surface area contributed by atoms with Gasteiger partial charge in [-0.2, -0.15) is 4.99 Å². The number of carbonyl (C=O) groups excluding carboxylic acids is 1. The molecule has 1 aliphatic rings. The number of nitrogens with zero attached hydrogens (tertiary/aromatic N) is 3. The second-order valence-electron chi connectivity index (χ2n) is 7.00. The first-order chi connectivity index (χ1) is 14.1. The summed E-state index contributed by atoms with van der Waals surface area (Å²) in [5.41, 5.74) is 2.09. The first-order valence-corrected chi connectivity index (χ1v) is 9.43. The number of nitro benzene ring substituents is 1. The summed E-state index contributed by atoms with van der Waals surface area (Å²) in [6, 6.07) is 20.0. The van der Waals surface area contributed by atoms with Gasteiger partial charge >= 0.3 is 0 Å². The molecular formula is C22H20N4O3. The van der Waals surface area contributed by atoms with Gasteiger partial charge in [-0.05, 0) is 42.7 Å². The summed E-state index contributed by atoms with van der Waals surface area (Å²) in [6.45, 7) is 0.568. The molecular weight excluding hydrogens is 368 g/mol. The summed E-state index contributed by atoms with van der Waals surface area (Å²) >= 11 is 0. The fourth-order valence-electron chi connectivity index (χ4n) is 3.04. The highest BCUT2D eigenvalue weighted by Crippen LogP contribution is 2.31. The third-order valence-electron chi connectivity index (χ3n) is 4.71. The Labute approximate surface area is 167 Å². The molecule has 0 aliphatic heterocycles. The van der Waals surface area contributed by atoms with Gasteiger partial charge in [-0.3, -0.25) is 14.9 Å². The summed E-state index contributed by atoms with van der Waals surface area (Å²) < 4.78 is 1.87. The lowest BCUT2D eigenvalue weighted by atomic mass is 10.1. The molecule has 4 rings (SSSR count). The van der Waals surface area contributed by atoms with Gasteiger partial charge in [0.15, 0.2) is 0 Å². The number of aromatic nitrogens is 1. The van der Waals surface area contributed by atoms with Gasteiger partial charge in [-0.1, -0.05) is 36.4 Å². The predicted octanol–water partition coefficient (Wildman–Crippen LogP) is 3.76. The molecule has 1 amide bonds. The number of anilines is 1. The van der Waals surface area contributed by atoms with Crippen LogP contribution in [0.15, 0.2) is 77.9 Å². The fourth-order valence-corrected chi connectivity index (χ4v) is 3.04. The van der Waals surface area contributed by atoms with Crippen molar-refractivity contribution in [2.75, 3.05) is 5.32 Å². The van der Waals surface area contributed by atoms with E-state index in [1.165, 1.54) is 6.07 Å². The molecule has 3 aromatic rings. The molecule has 146 valence electrons. The number of hydrogen-bond acceptors (Lipinski definition) is 4. The van der Waals surface area contributed by atoms with Gasteiger partial charge < -0.3 is 9.88 Å². The Bertz CT molecular complexity index is 1120. The molecule has 1 N–H and O–H groups in total. The average molecular weight is 388 g/mol. The molecule has 7 heteroatoms. The Hall–Kier alpha value is -3.74. The van der Waals surface area contributed by atoms with Crippen LogP contribution in [0.1, 0.15) is 28.8 Å². The van der Waals surface area contributed by atoms with Crippen LogP contribution in [0.2, 0.25) is 0 Å². The van der Waals surface area contributed by atoms with Gasteiger partial charge in [0.25, 0.3) is 11.6 Å². The van der Waals surface area contributed by atoms with Gasteiger partial charge in [0.1, 0.15) is 11.2 Å². The van der Waals surface area contributed by atoms with Crippen LogP contribution in [-0.2, 0) is 6.54 Å². The maximum absolute atomic E-state index is 12.7. The molecule has 1 saturated carbocycles. The summed E-state index contributed by atoms with van der Waals surface area (Å²) in [4.78, 5) is 27.9. The lowest BCUT2D eigenvalue weighted by Gasteiger charge is -2.08. The molecule has 1 aliphatic carbocycles. The molecule has 0 bridgehead atoms. The van der Waals surface area contributed by atoms with E-state index in [0.29, 0.717) is 17.7 Å². The van der Waals surface area contributed by atoms with Crippen LogP contribution in [0.25, 0.3) is 0 Å². The molecule has 0 spiro atoms. The van der Waals surface area contributed by atoms with Crippen molar-refractivity contribution < 1.29 is 9.72 Å². The molecule has 1 aromatic heterocycles. The van der Waals surface area contributed by atoms with Crippen molar-refractivity contribution in [1.82, 2.24) is 4.57 Å². The average Bonchev–Trinajstić information content (AvgIpc) is 3.54. The predicted molar refractivity (Wildman–Crippen MR) is 110 cm³/mol. The minimum atomic E-state index is -0.515. The highest BCUT2D eigenvalue weighted by Gasteiger charge is 2.25. The van der Waals surface area contributed by atoms with Crippen LogP contribution in [-0.4, -0.2) is 21.4 Å². The van der Waals surface area contributed by atoms with Crippen LogP contribution >= 0.6 is 0 Å². The third kappa shape index (κ3) is 4.57. The number of nitro groups is 1. The first-order valence-electron chi connectivity index (χ1n) is 9.43. The fraction of sp³-hybridized carbons (Fsp3) is 0.182. The Morgan fingerprint density at radius 1 is 1.10 bits per heavy atom. The monoisotopic (exact) mass is 388 g/mol. The second-order valence-corrected chi connectivity index (χ2v) is 7.00. The van der Waals surface area contributed by atoms with E-state index in [0.717, 1.165) is 18.4 Å². The number of carbonyl (C=O) groups is 1. The maximum Gasteiger partial charge on any atom is 0.293 e. The van der Waals surface area contributed by atoms with E-state index in [1.54, 1.807) is 24.3 Å². The Morgan fingerprint density at radius 2 is 1.86 bits per heavy atom. The Balaban J connectivity index is 1.64. The topological polar surface area (TPSA) is 89.5 Å². The van der Waals surface area contributed by atoms with Crippen LogP contribution in [0.3, 0.4) is 0 Å². The quantitative estimate of drug-likeness (QED) is 0.514. The standard InChI is InChI=1S/C22H20N4O3/c27-22(17-9-12-19(23-18-10-11-18)20(14-17)26(28)29)24-21-8-4-5-13-25(21)15-16-6-2-1-3-7-16/h1-9,12-14,18,23H,10-11,15H2. The van der Waals surface area contributed by atoms with E-state index in [-0.39, 0.29) is 17.3 Å². The van der Waals surface area contributed by atoms with Crippen LogP contribution in [0.5, 0.6) is 0 Å². The zero-order chi connectivity index (χ0) is 20.2. The number of amides is 1. The zero-order valence-electron chi connectivity index (χ0n) is 15.7. The minimum absolute atomic E-state index is 0.108. The van der Waals surface area contributed by atoms with Crippen LogP contribution in [0, 0.1) is 10.1 Å². The number of pyridine rings is 1. The third-order valence-corrected chi connectivity index (χ3v) is 4.71. The molecule has 0 saturated heterocycles. The molecule has 0 atom stereocenters. The lowest BCUT2D eigenvalue weighted by Crippen LogP contribution is -2.22. The largest absolute Gasteiger partial charge is 0.377 e. The van der Waals surface area contributed by atoms with Crippen molar-refractivity contribution in [2.24, 2.45) is 4.99 Å². The minimum Gasteiger partial charge on any atom is -0.377 e. The van der Waals surface area contributed by atoms with Gasteiger partial charge in [0.05, 0.1) is 4.92 Å². The zero-order valence-corrected chi connectivity index (χ0v) is 15.7. The van der Waals surface area contributed by atoms with E-state index < -0.39 is 10.8 Å². The summed E-state index contributed by atoms with van der Waals surface area (Å²) in [7, 11) is 0. The molecule has 0 radical (unpaired) electrons. The molecule has 29 heavy (non-hydrogen) atoms. The van der Waals surface area contributed by atoms with Crippen molar-refractivity contribution in [2.45, 2.75) is 25.4 Å². The van der Waals surface area contributed by atoms with E-state index in [2.05, 4.69) is 10.3 Å². The van der Waals surface area contributed by atoms with E-state index in [4.69, 9.17) is 0 Å². The van der Waals surface area contributed by atoms with Crippen molar-refractivity contribution in [3.8, 4) is 0 Å². The smallest absolute Gasteiger partial charge is 0.293 e. The number of nitrogens with one attached hydrogen (secondary N) is 1. The SMILES string of the molecule is O=C(N=c1ccccn1Cc1ccccc1)c1ccc(NC2CC2)c([N+](=O)[O-])c1. The van der Waals surface area contributed by atoms with Crippen molar-refractivity contribution in [1.29, 1.82) is 0 Å². The Kier molecular flexibility index (Phi) is 5.20. The number of hydrogen-bond donors (Lipinski definition) is 1. The van der Waals surface area contributed by atoms with Crippen molar-refractivity contribution in [3.63, 3.8) is 0 Å². The second kappa shape index (κ2) is 8.10. The van der Waals surface area contributed by atoms with Crippen LogP contribution < -0.4 is 10.8 Å². The maximum atomic E-state index is 12.7. The Morgan fingerprint density at radius 3 is 2.59 bits per heavy atom. The highest BCUT2D eigenvalue weighted by molar-refractivity contribution is 5.96. The first kappa shape index (κ1) is 18.6. The van der Waals surface area contributed by atoms with Crippen molar-refractivity contribution in [3.05, 3.63) is 99.7 Å². The molecule has 0 unspecified atom stereocenters. The number of rotatable bonds is 6. The lowest BCUT2D eigenvalue weighted by molar-refractivity contribution is -0.384. The molecule has 2 aromatic carbocycles.